The highest BCUT2D eigenvalue weighted by molar-refractivity contribution is 5.79. The molecule has 3 nitrogen and oxygen atoms in total. The van der Waals surface area contributed by atoms with Gasteiger partial charge in [0.05, 0.1) is 18.8 Å². The van der Waals surface area contributed by atoms with E-state index in [4.69, 9.17) is 9.47 Å². The largest absolute Gasteiger partial charge is 0.467 e. The van der Waals surface area contributed by atoms with Crippen LogP contribution in [0.2, 0.25) is 0 Å². The minimum Gasteiger partial charge on any atom is -0.467 e. The molecule has 0 amide bonds. The first-order chi connectivity index (χ1) is 7.88. The van der Waals surface area contributed by atoms with Crippen LogP contribution in [0.1, 0.15) is 23.2 Å². The number of hydrogen-bond acceptors (Lipinski definition) is 3. The van der Waals surface area contributed by atoms with Crippen LogP contribution in [0, 0.1) is 0 Å². The van der Waals surface area contributed by atoms with Crippen molar-refractivity contribution < 1.29 is 18.7 Å². The minimum absolute atomic E-state index is 0.0805. The van der Waals surface area contributed by atoms with Gasteiger partial charge >= 0.3 is 0 Å². The number of aldehydes is 1. The first kappa shape index (κ1) is 12.6. The van der Waals surface area contributed by atoms with E-state index in [-0.39, 0.29) is 13.5 Å². The van der Waals surface area contributed by atoms with Gasteiger partial charge in [0.2, 0.25) is 0 Å². The summed E-state index contributed by atoms with van der Waals surface area (Å²) in [5, 5.41) is 0. The smallest absolute Gasteiger partial charge is 0.189 e. The molecule has 1 aromatic carbocycles. The molecular formula is C12H15FO3. The van der Waals surface area contributed by atoms with Crippen LogP contribution in [0.5, 0.6) is 5.75 Å². The van der Waals surface area contributed by atoms with E-state index < -0.39 is 0 Å². The van der Waals surface area contributed by atoms with Crippen LogP contribution in [0.3, 0.4) is 0 Å². The van der Waals surface area contributed by atoms with Crippen molar-refractivity contribution in [3.05, 3.63) is 29.8 Å². The van der Waals surface area contributed by atoms with Crippen molar-refractivity contribution in [3.8, 4) is 5.75 Å². The number of benzene rings is 1. The van der Waals surface area contributed by atoms with E-state index in [9.17, 15) is 9.18 Å². The van der Waals surface area contributed by atoms with Gasteiger partial charge in [-0.25, -0.2) is 0 Å². The lowest BCUT2D eigenvalue weighted by Crippen LogP contribution is -2.05. The molecule has 88 valence electrons. The monoisotopic (exact) mass is 226 g/mol. The number of carbonyl (C=O) groups excluding carboxylic acids is 1. The molecule has 0 spiro atoms. The number of carbonyl (C=O) groups is 1. The number of unbranched alkanes of at least 4 members (excludes halogenated alkanes) is 1. The Hall–Kier alpha value is -1.42. The summed E-state index contributed by atoms with van der Waals surface area (Å²) < 4.78 is 22.1. The average molecular weight is 226 g/mol. The summed E-state index contributed by atoms with van der Waals surface area (Å²) in [4.78, 5) is 10.6. The first-order valence-corrected chi connectivity index (χ1v) is 5.19. The van der Waals surface area contributed by atoms with E-state index in [0.29, 0.717) is 30.8 Å². The predicted molar refractivity (Wildman–Crippen MR) is 58.5 cm³/mol. The third kappa shape index (κ3) is 4.40. The Bertz CT molecular complexity index is 315. The molecule has 4 heteroatoms. The van der Waals surface area contributed by atoms with Crippen molar-refractivity contribution in [2.75, 3.05) is 20.1 Å². The van der Waals surface area contributed by atoms with Crippen LogP contribution in [0.25, 0.3) is 0 Å². The van der Waals surface area contributed by atoms with Gasteiger partial charge in [0.1, 0.15) is 5.75 Å². The van der Waals surface area contributed by atoms with Crippen LogP contribution in [-0.2, 0) is 4.74 Å². The number of alkyl halides is 1. The Morgan fingerprint density at radius 3 is 2.81 bits per heavy atom. The van der Waals surface area contributed by atoms with Gasteiger partial charge in [-0.05, 0) is 25.0 Å². The fraction of sp³-hybridized carbons (Fsp3) is 0.417. The highest BCUT2D eigenvalue weighted by atomic mass is 19.1. The van der Waals surface area contributed by atoms with Gasteiger partial charge in [-0.15, -0.1) is 0 Å². The molecule has 0 aliphatic rings. The van der Waals surface area contributed by atoms with Crippen LogP contribution < -0.4 is 4.74 Å². The Morgan fingerprint density at radius 2 is 2.06 bits per heavy atom. The summed E-state index contributed by atoms with van der Waals surface area (Å²) in [5.74, 6) is 0.503. The minimum atomic E-state index is -0.321. The van der Waals surface area contributed by atoms with Crippen molar-refractivity contribution in [3.63, 3.8) is 0 Å². The lowest BCUT2D eigenvalue weighted by Gasteiger charge is -2.08. The van der Waals surface area contributed by atoms with Crippen LogP contribution in [-0.4, -0.2) is 26.4 Å². The second-order valence-electron chi connectivity index (χ2n) is 3.22. The lowest BCUT2D eigenvalue weighted by atomic mass is 10.2. The molecule has 0 atom stereocenters. The van der Waals surface area contributed by atoms with E-state index in [0.717, 1.165) is 6.29 Å². The third-order valence-electron chi connectivity index (χ3n) is 2.02. The Kier molecular flexibility index (Phi) is 6.18. The van der Waals surface area contributed by atoms with E-state index in [1.807, 2.05) is 0 Å². The summed E-state index contributed by atoms with van der Waals surface area (Å²) in [6, 6.07) is 6.92. The number of ether oxygens (including phenoxy) is 2. The zero-order chi connectivity index (χ0) is 11.6. The van der Waals surface area contributed by atoms with Gasteiger partial charge < -0.3 is 9.47 Å². The Labute approximate surface area is 94.2 Å². The van der Waals surface area contributed by atoms with Gasteiger partial charge in [0, 0.05) is 0 Å². The first-order valence-electron chi connectivity index (χ1n) is 5.19. The summed E-state index contributed by atoms with van der Waals surface area (Å²) in [5.41, 5.74) is 0.495. The van der Waals surface area contributed by atoms with Crippen LogP contribution >= 0.6 is 0 Å². The molecule has 1 aromatic rings. The summed E-state index contributed by atoms with van der Waals surface area (Å²) in [6.45, 7) is 0.225. The predicted octanol–water partition coefficient (Wildman–Crippen LogP) is 2.60. The lowest BCUT2D eigenvalue weighted by molar-refractivity contribution is 0.0129. The number of halogens is 1. The normalized spacial score (nSPS) is 10.1. The molecule has 0 saturated carbocycles. The summed E-state index contributed by atoms with van der Waals surface area (Å²) in [7, 11) is 0. The molecule has 0 heterocycles. The number of rotatable bonds is 8. The van der Waals surface area contributed by atoms with Gasteiger partial charge in [-0.1, -0.05) is 12.1 Å². The Balaban J connectivity index is 2.23. The van der Waals surface area contributed by atoms with Crippen molar-refractivity contribution in [2.45, 2.75) is 12.8 Å². The molecule has 0 aliphatic carbocycles. The van der Waals surface area contributed by atoms with Gasteiger partial charge in [0.15, 0.2) is 13.1 Å². The SMILES string of the molecule is O=Cc1ccccc1OCOCCCCF. The molecule has 16 heavy (non-hydrogen) atoms. The van der Waals surface area contributed by atoms with Crippen molar-refractivity contribution in [1.82, 2.24) is 0 Å². The topological polar surface area (TPSA) is 35.5 Å². The summed E-state index contributed by atoms with van der Waals surface area (Å²) in [6.07, 6.45) is 1.92. The molecule has 0 N–H and O–H groups in total. The molecule has 0 radical (unpaired) electrons. The van der Waals surface area contributed by atoms with Gasteiger partial charge in [-0.3, -0.25) is 9.18 Å². The molecule has 0 bridgehead atoms. The molecule has 0 aromatic heterocycles. The average Bonchev–Trinajstić information content (AvgIpc) is 2.34. The maximum absolute atomic E-state index is 11.7. The van der Waals surface area contributed by atoms with Crippen LogP contribution in [0.4, 0.5) is 4.39 Å². The molecule has 0 fully saturated rings. The second kappa shape index (κ2) is 7.82. The van der Waals surface area contributed by atoms with Gasteiger partial charge in [-0.2, -0.15) is 0 Å². The molecule has 0 aliphatic heterocycles. The maximum atomic E-state index is 11.7. The van der Waals surface area contributed by atoms with E-state index >= 15 is 0 Å². The molecule has 0 unspecified atom stereocenters. The molecule has 1 rings (SSSR count). The maximum Gasteiger partial charge on any atom is 0.189 e. The molecular weight excluding hydrogens is 211 g/mol. The summed E-state index contributed by atoms with van der Waals surface area (Å²) >= 11 is 0. The van der Waals surface area contributed by atoms with E-state index in [2.05, 4.69) is 0 Å². The highest BCUT2D eigenvalue weighted by Crippen LogP contribution is 2.15. The number of hydrogen-bond donors (Lipinski definition) is 0. The fourth-order valence-electron chi connectivity index (χ4n) is 1.17. The standard InChI is InChI=1S/C12H15FO3/c13-7-3-4-8-15-10-16-12-6-2-1-5-11(12)9-14/h1-2,5-6,9H,3-4,7-8,10H2. The Morgan fingerprint density at radius 1 is 1.25 bits per heavy atom. The van der Waals surface area contributed by atoms with Gasteiger partial charge in [0.25, 0.3) is 0 Å². The van der Waals surface area contributed by atoms with Crippen LogP contribution in [0.15, 0.2) is 24.3 Å². The quantitative estimate of drug-likeness (QED) is 0.388. The number of para-hydroxylation sites is 1. The zero-order valence-electron chi connectivity index (χ0n) is 9.02. The molecule has 0 saturated heterocycles. The van der Waals surface area contributed by atoms with E-state index in [1.165, 1.54) is 0 Å². The highest BCUT2D eigenvalue weighted by Gasteiger charge is 2.00. The van der Waals surface area contributed by atoms with E-state index in [1.54, 1.807) is 24.3 Å². The fourth-order valence-corrected chi connectivity index (χ4v) is 1.17. The van der Waals surface area contributed by atoms with Crippen molar-refractivity contribution in [2.24, 2.45) is 0 Å². The van der Waals surface area contributed by atoms with Crippen molar-refractivity contribution in [1.29, 1.82) is 0 Å². The van der Waals surface area contributed by atoms with Crippen molar-refractivity contribution >= 4 is 6.29 Å². The third-order valence-corrected chi connectivity index (χ3v) is 2.02. The zero-order valence-corrected chi connectivity index (χ0v) is 9.02. The second-order valence-corrected chi connectivity index (χ2v) is 3.22.